The molecular formula is C59H46N14O3. The molecular weight excluding hydrogens is 953 g/mol. The number of anilines is 4. The number of para-hydroxylation sites is 4. The highest BCUT2D eigenvalue weighted by Gasteiger charge is 2.23. The Labute approximate surface area is 434 Å². The van der Waals surface area contributed by atoms with Crippen molar-refractivity contribution in [2.75, 3.05) is 21.7 Å². The molecule has 0 unspecified atom stereocenters. The molecule has 6 aromatic heterocycles. The minimum atomic E-state index is -0.249. The first-order valence-electron chi connectivity index (χ1n) is 24.4. The normalized spacial score (nSPS) is 11.7. The fraction of sp³-hybridized carbons (Fsp3) is 0.0508. The van der Waals surface area contributed by atoms with Gasteiger partial charge in [0.25, 0.3) is 0 Å². The summed E-state index contributed by atoms with van der Waals surface area (Å²) in [6.45, 7) is 0.160. The molecule has 7 N–H and O–H groups in total. The molecule has 0 atom stereocenters. The molecule has 10 aromatic rings. The van der Waals surface area contributed by atoms with Crippen LogP contribution < -0.4 is 21.7 Å². The topological polar surface area (TPSA) is 224 Å². The van der Waals surface area contributed by atoms with Crippen LogP contribution in [0.5, 0.6) is 0 Å². The second kappa shape index (κ2) is 20.1. The Kier molecular flexibility index (Phi) is 12.3. The smallest absolute Gasteiger partial charge is 0.244 e. The first kappa shape index (κ1) is 46.4. The van der Waals surface area contributed by atoms with Crippen LogP contribution in [0.4, 0.5) is 22.7 Å². The van der Waals surface area contributed by atoms with Crippen LogP contribution in [-0.4, -0.2) is 66.3 Å². The third kappa shape index (κ3) is 9.33. The van der Waals surface area contributed by atoms with Gasteiger partial charge in [0.1, 0.15) is 19.6 Å². The third-order valence-electron chi connectivity index (χ3n) is 13.1. The first-order valence-corrected chi connectivity index (χ1v) is 24.4. The second-order valence-electron chi connectivity index (χ2n) is 18.1. The Balaban J connectivity index is 1.15. The maximum Gasteiger partial charge on any atom is 0.244 e. The van der Waals surface area contributed by atoms with Gasteiger partial charge in [-0.25, -0.2) is 24.9 Å². The number of carbonyl (C=O) groups excluding carboxylic acids is 3. The van der Waals surface area contributed by atoms with Crippen molar-refractivity contribution < 1.29 is 14.4 Å². The fourth-order valence-corrected chi connectivity index (χ4v) is 9.70. The molecule has 0 saturated carbocycles. The summed E-state index contributed by atoms with van der Waals surface area (Å²) in [5.41, 5.74) is 20.0. The van der Waals surface area contributed by atoms with E-state index in [9.17, 15) is 14.4 Å². The van der Waals surface area contributed by atoms with Crippen LogP contribution in [0.15, 0.2) is 177 Å². The quantitative estimate of drug-likeness (QED) is 0.0604. The van der Waals surface area contributed by atoms with E-state index in [0.717, 1.165) is 16.6 Å². The SMILES string of the molecule is Nc1ccccc1-c1c2nc(c(-c3ccccc3NC(=O)Cn3ccnc3)c3ccc([nH]3)c(-c3ccccc3NC(=O)Cn3ccnc3)c3nc(c(-c4ccccc4NC(=O)Cn4ccnc4)c4ccc1[nH]4)C=C3)C=C2. The van der Waals surface area contributed by atoms with Gasteiger partial charge in [0, 0.05) is 127 Å². The number of aromatic nitrogens is 10. The average molecular weight is 999 g/mol. The van der Waals surface area contributed by atoms with E-state index in [1.54, 1.807) is 69.9 Å². The van der Waals surface area contributed by atoms with Gasteiger partial charge in [-0.2, -0.15) is 0 Å². The molecule has 0 saturated heterocycles. The summed E-state index contributed by atoms with van der Waals surface area (Å²) in [5.74, 6) is -0.728. The van der Waals surface area contributed by atoms with E-state index < -0.39 is 0 Å². The lowest BCUT2D eigenvalue weighted by Gasteiger charge is -2.14. The molecule has 8 heterocycles. The van der Waals surface area contributed by atoms with E-state index >= 15 is 0 Å². The highest BCUT2D eigenvalue weighted by atomic mass is 16.2. The zero-order chi connectivity index (χ0) is 51.5. The number of aromatic amines is 2. The van der Waals surface area contributed by atoms with Crippen LogP contribution in [0.1, 0.15) is 22.8 Å². The van der Waals surface area contributed by atoms with Gasteiger partial charge >= 0.3 is 0 Å². The van der Waals surface area contributed by atoms with Crippen molar-refractivity contribution in [3.05, 3.63) is 200 Å². The summed E-state index contributed by atoms with van der Waals surface area (Å²) in [6, 6.07) is 38.5. The standard InChI is InChI=1S/C59H46N14O3/c60-41-13-5-1-9-37(41)56-45-17-19-47(64-45)57(38-10-2-6-14-42(38)68-53(74)31-71-28-25-61-34-71)49-21-23-51(66-49)59(40-12-4-8-16-44(40)70-55(76)33-73-30-27-63-36-73)52-24-22-50(67-52)58(48-20-18-46(56)65-48)39-11-3-7-15-43(39)69-54(75)32-72-29-26-62-35-72/h1-30,34-36,64,67H,31-33,60H2,(H,68,74)(H,69,75)(H,70,76). The molecule has 4 aromatic carbocycles. The number of hydrogen-bond acceptors (Lipinski definition) is 9. The monoisotopic (exact) mass is 998 g/mol. The molecule has 2 aliphatic heterocycles. The highest BCUT2D eigenvalue weighted by Crippen LogP contribution is 2.42. The number of imidazole rings is 3. The van der Waals surface area contributed by atoms with Crippen LogP contribution in [0.25, 0.3) is 90.9 Å². The number of nitrogens with two attached hydrogens (primary N) is 1. The number of benzene rings is 4. The third-order valence-corrected chi connectivity index (χ3v) is 13.1. The number of nitrogen functional groups attached to an aromatic ring is 1. The lowest BCUT2D eigenvalue weighted by atomic mass is 10.0. The van der Waals surface area contributed by atoms with Crippen LogP contribution in [0, 0.1) is 0 Å². The van der Waals surface area contributed by atoms with Crippen molar-refractivity contribution in [2.24, 2.45) is 0 Å². The van der Waals surface area contributed by atoms with E-state index in [-0.39, 0.29) is 37.4 Å². The van der Waals surface area contributed by atoms with Gasteiger partial charge in [-0.3, -0.25) is 14.4 Å². The van der Waals surface area contributed by atoms with Gasteiger partial charge in [0.05, 0.1) is 41.8 Å². The Morgan fingerprint density at radius 3 is 1.03 bits per heavy atom. The van der Waals surface area contributed by atoms with Gasteiger partial charge in [-0.1, -0.05) is 72.8 Å². The van der Waals surface area contributed by atoms with Crippen molar-refractivity contribution in [2.45, 2.75) is 19.6 Å². The molecule has 12 rings (SSSR count). The Morgan fingerprint density at radius 1 is 0.408 bits per heavy atom. The van der Waals surface area contributed by atoms with Gasteiger partial charge < -0.3 is 45.4 Å². The summed E-state index contributed by atoms with van der Waals surface area (Å²) in [7, 11) is 0. The number of H-pyrrole nitrogens is 2. The van der Waals surface area contributed by atoms with E-state index in [0.29, 0.717) is 95.5 Å². The largest absolute Gasteiger partial charge is 0.398 e. The number of amides is 3. The molecule has 370 valence electrons. The molecule has 3 amide bonds. The fourth-order valence-electron chi connectivity index (χ4n) is 9.70. The van der Waals surface area contributed by atoms with Crippen molar-refractivity contribution in [3.63, 3.8) is 0 Å². The molecule has 0 aliphatic carbocycles. The number of nitrogens with one attached hydrogen (secondary N) is 5. The van der Waals surface area contributed by atoms with E-state index in [1.807, 2.05) is 146 Å². The molecule has 0 fully saturated rings. The Hall–Kier alpha value is -10.7. The molecule has 17 heteroatoms. The summed E-state index contributed by atoms with van der Waals surface area (Å²) < 4.78 is 5.12. The minimum absolute atomic E-state index is 0.0467. The van der Waals surface area contributed by atoms with Crippen LogP contribution in [0.3, 0.4) is 0 Å². The zero-order valence-electron chi connectivity index (χ0n) is 40.6. The predicted octanol–water partition coefficient (Wildman–Crippen LogP) is 10.4. The average Bonchev–Trinajstić information content (AvgIpc) is 4.28. The zero-order valence-corrected chi connectivity index (χ0v) is 40.6. The van der Waals surface area contributed by atoms with Crippen molar-refractivity contribution in [1.82, 2.24) is 48.6 Å². The van der Waals surface area contributed by atoms with Crippen molar-refractivity contribution >= 4 is 86.8 Å². The number of fused-ring (bicyclic) bond motifs is 8. The summed E-state index contributed by atoms with van der Waals surface area (Å²) in [4.78, 5) is 72.0. The number of rotatable bonds is 13. The molecule has 2 aliphatic rings. The second-order valence-corrected chi connectivity index (χ2v) is 18.1. The Bertz CT molecular complexity index is 4000. The van der Waals surface area contributed by atoms with Crippen molar-refractivity contribution in [1.29, 1.82) is 0 Å². The number of nitrogens with zero attached hydrogens (tertiary/aromatic N) is 8. The maximum atomic E-state index is 13.8. The molecule has 0 spiro atoms. The lowest BCUT2D eigenvalue weighted by molar-refractivity contribution is -0.117. The van der Waals surface area contributed by atoms with Gasteiger partial charge in [0.2, 0.25) is 17.7 Å². The molecule has 8 bridgehead atoms. The number of hydrogen-bond donors (Lipinski definition) is 6. The van der Waals surface area contributed by atoms with Gasteiger partial charge in [-0.15, -0.1) is 0 Å². The molecule has 0 radical (unpaired) electrons. The first-order chi connectivity index (χ1) is 37.3. The van der Waals surface area contributed by atoms with Gasteiger partial charge in [-0.05, 0) is 72.8 Å². The minimum Gasteiger partial charge on any atom is -0.398 e. The van der Waals surface area contributed by atoms with Crippen molar-refractivity contribution in [3.8, 4) is 44.5 Å². The van der Waals surface area contributed by atoms with Crippen LogP contribution in [0.2, 0.25) is 0 Å². The highest BCUT2D eigenvalue weighted by molar-refractivity contribution is 6.06. The van der Waals surface area contributed by atoms with Crippen LogP contribution in [-0.2, 0) is 34.0 Å². The molecule has 17 nitrogen and oxygen atoms in total. The van der Waals surface area contributed by atoms with Gasteiger partial charge in [0.15, 0.2) is 0 Å². The lowest BCUT2D eigenvalue weighted by Crippen LogP contribution is -2.18. The maximum absolute atomic E-state index is 13.8. The summed E-state index contributed by atoms with van der Waals surface area (Å²) >= 11 is 0. The van der Waals surface area contributed by atoms with E-state index in [4.69, 9.17) is 15.7 Å². The summed E-state index contributed by atoms with van der Waals surface area (Å²) in [6.07, 6.45) is 22.8. The Morgan fingerprint density at radius 2 is 0.711 bits per heavy atom. The summed E-state index contributed by atoms with van der Waals surface area (Å²) in [5, 5.41) is 9.48. The predicted molar refractivity (Wildman–Crippen MR) is 298 cm³/mol. The van der Waals surface area contributed by atoms with E-state index in [2.05, 4.69) is 40.9 Å². The number of carbonyl (C=O) groups is 3. The molecule has 76 heavy (non-hydrogen) atoms. The van der Waals surface area contributed by atoms with Crippen LogP contribution >= 0.6 is 0 Å². The van der Waals surface area contributed by atoms with E-state index in [1.165, 1.54) is 0 Å².